The summed E-state index contributed by atoms with van der Waals surface area (Å²) in [5, 5.41) is 40.3. The number of hydrogen-bond acceptors (Lipinski definition) is 18. The van der Waals surface area contributed by atoms with Gasteiger partial charge in [-0.25, -0.2) is 19.6 Å². The van der Waals surface area contributed by atoms with Crippen LogP contribution >= 0.6 is 46.4 Å². The highest BCUT2D eigenvalue weighted by molar-refractivity contribution is 6.35. The lowest BCUT2D eigenvalue weighted by atomic mass is 10.1. The molecule has 0 radical (unpaired) electrons. The standard InChI is InChI=1S/C23H23ClN4O2.C22H18ClN5O.C22H21ClN4O2.C21H20ClN3O2/c1-15-13-28(14-16(2)30-15)22-9-6-17(12-26-22)23(29)27-18-7-8-20(24)19(11-18)21-5-3-4-10-25-21;1-14-11-15(2)28(27-14)21-9-6-16(13-25-21)22(29)26-17-7-8-19(23)18(12-17)20-5-3-4-10-24-20;23-19-6-5-16(13-18(19)20-3-1-2-10-24-20)26-22(29)15-4-7-21(25-14-15)27-11-8-17(28)9-12-27;1-14(26)13-24-16-7-5-15(6-8-16)21(27)25-17-9-10-19(22)18(12-17)20-4-2-3-11-23-20/h3-12,15-16H,13-14H2,1-2H3,(H,27,29);3-13H,1-2H3,(H,26,29);1-7,10,13-14,17,28H,8-9,11-12H2,(H,26,29);2-12,14,24,26H,13H2,1H3,(H,25,27)/t;;;14-/m...0/s1. The van der Waals surface area contributed by atoms with E-state index in [-0.39, 0.29) is 41.9 Å². The first-order valence-corrected chi connectivity index (χ1v) is 38.5. The maximum absolute atomic E-state index is 12.7. The number of aliphatic hydroxyl groups is 2. The fourth-order valence-electron chi connectivity index (χ4n) is 12.5. The Hall–Kier alpha value is -12.3. The fraction of sp³-hybridized carbons (Fsp3) is 0.182. The Kier molecular flexibility index (Phi) is 28.2. The first-order valence-electron chi connectivity index (χ1n) is 37.0. The number of nitrogens with zero attached hydrogens (tertiary/aromatic N) is 11. The van der Waals surface area contributed by atoms with Gasteiger partial charge in [0.1, 0.15) is 11.6 Å². The minimum absolute atomic E-state index is 0.150. The third kappa shape index (κ3) is 22.8. The number of pyridine rings is 7. The number of benzene rings is 5. The molecule has 4 amide bonds. The van der Waals surface area contributed by atoms with Crippen molar-refractivity contribution in [1.29, 1.82) is 0 Å². The molecular weight excluding hydrogens is 1530 g/mol. The zero-order valence-electron chi connectivity index (χ0n) is 63.4. The third-order valence-corrected chi connectivity index (χ3v) is 19.5. The summed E-state index contributed by atoms with van der Waals surface area (Å²) in [5.74, 6) is 1.38. The second-order valence-corrected chi connectivity index (χ2v) is 28.8. The van der Waals surface area contributed by atoms with E-state index in [2.05, 4.69) is 90.2 Å². The maximum Gasteiger partial charge on any atom is 0.257 e. The van der Waals surface area contributed by atoms with Gasteiger partial charge in [0.25, 0.3) is 23.6 Å². The Labute approximate surface area is 685 Å². The number of halogens is 4. The van der Waals surface area contributed by atoms with Crippen molar-refractivity contribution in [3.05, 3.63) is 309 Å². The van der Waals surface area contributed by atoms with Crippen molar-refractivity contribution in [2.75, 3.05) is 69.1 Å². The van der Waals surface area contributed by atoms with Gasteiger partial charge in [-0.05, 0) is 236 Å². The van der Waals surface area contributed by atoms with Crippen LogP contribution in [-0.2, 0) is 4.74 Å². The van der Waals surface area contributed by atoms with Crippen LogP contribution in [0.3, 0.4) is 0 Å². The van der Waals surface area contributed by atoms with Crippen LogP contribution in [-0.4, -0.2) is 136 Å². The number of anilines is 7. The first kappa shape index (κ1) is 82.1. The fourth-order valence-corrected chi connectivity index (χ4v) is 13.3. The number of aryl methyl sites for hydroxylation is 2. The van der Waals surface area contributed by atoms with Crippen molar-refractivity contribution in [3.8, 4) is 50.8 Å². The average molecular weight is 1620 g/mol. The van der Waals surface area contributed by atoms with Gasteiger partial charge in [0.2, 0.25) is 0 Å². The number of ether oxygens (including phenoxy) is 1. The quantitative estimate of drug-likeness (QED) is 0.0420. The molecule has 13 aromatic rings. The first-order chi connectivity index (χ1) is 55.6. The second-order valence-electron chi connectivity index (χ2n) is 27.2. The van der Waals surface area contributed by atoms with Crippen LogP contribution in [0.4, 0.5) is 40.1 Å². The lowest BCUT2D eigenvalue weighted by molar-refractivity contribution is -0.00547. The molecule has 0 spiro atoms. The Bertz CT molecular complexity index is 5440. The minimum Gasteiger partial charge on any atom is -0.393 e. The lowest BCUT2D eigenvalue weighted by Crippen LogP contribution is -2.45. The molecule has 115 heavy (non-hydrogen) atoms. The van der Waals surface area contributed by atoms with E-state index in [9.17, 15) is 29.4 Å². The maximum atomic E-state index is 12.7. The van der Waals surface area contributed by atoms with Crippen LogP contribution in [0.25, 0.3) is 50.8 Å². The highest BCUT2D eigenvalue weighted by Gasteiger charge is 2.25. The molecule has 2 fully saturated rings. The molecule has 8 aromatic heterocycles. The predicted molar refractivity (Wildman–Crippen MR) is 456 cm³/mol. The molecule has 7 N–H and O–H groups in total. The van der Waals surface area contributed by atoms with Gasteiger partial charge >= 0.3 is 0 Å². The molecule has 27 heteroatoms. The largest absolute Gasteiger partial charge is 0.393 e. The number of hydrogen-bond donors (Lipinski definition) is 7. The topological polar surface area (TPSA) is 293 Å². The van der Waals surface area contributed by atoms with Crippen LogP contribution in [0.2, 0.25) is 20.1 Å². The summed E-state index contributed by atoms with van der Waals surface area (Å²) < 4.78 is 7.51. The molecule has 5 aromatic carbocycles. The van der Waals surface area contributed by atoms with Gasteiger partial charge < -0.3 is 51.3 Å². The molecule has 0 aliphatic carbocycles. The zero-order chi connectivity index (χ0) is 80.9. The second kappa shape index (κ2) is 39.4. The monoisotopic (exact) mass is 1610 g/mol. The van der Waals surface area contributed by atoms with E-state index >= 15 is 0 Å². The molecule has 15 rings (SSSR count). The van der Waals surface area contributed by atoms with E-state index in [0.29, 0.717) is 77.5 Å². The number of carbonyl (C=O) groups excluding carboxylic acids is 4. The van der Waals surface area contributed by atoms with E-state index in [1.807, 2.05) is 117 Å². The van der Waals surface area contributed by atoms with Crippen molar-refractivity contribution in [3.63, 3.8) is 0 Å². The van der Waals surface area contributed by atoms with E-state index < -0.39 is 6.10 Å². The summed E-state index contributed by atoms with van der Waals surface area (Å²) >= 11 is 25.2. The SMILES string of the molecule is CC1CN(c2ccc(C(=O)Nc3ccc(Cl)c(-c4ccccn4)c3)cn2)CC(C)O1.C[C@H](O)CNc1ccc(C(=O)Nc2ccc(Cl)c(-c3ccccn3)c2)cc1.Cc1cc(C)n(-c2ccc(C(=O)Nc3ccc(Cl)c(-c4ccccn4)c3)cn2)n1.O=C(Nc1ccc(Cl)c(-c2ccccn2)c1)c1ccc(N2CCC(O)CC2)nc1. The Morgan fingerprint density at radius 2 is 0.774 bits per heavy atom. The molecule has 10 heterocycles. The van der Waals surface area contributed by atoms with Crippen LogP contribution in [0.5, 0.6) is 0 Å². The number of aromatic nitrogens is 9. The van der Waals surface area contributed by atoms with E-state index in [1.165, 1.54) is 6.20 Å². The van der Waals surface area contributed by atoms with Gasteiger partial charge in [0, 0.05) is 138 Å². The predicted octanol–water partition coefficient (Wildman–Crippen LogP) is 18.0. The molecule has 23 nitrogen and oxygen atoms in total. The molecule has 584 valence electrons. The summed E-state index contributed by atoms with van der Waals surface area (Å²) in [4.78, 5) is 85.3. The molecule has 2 unspecified atom stereocenters. The molecule has 0 bridgehead atoms. The number of rotatable bonds is 18. The number of nitrogens with one attached hydrogen (secondary N) is 5. The summed E-state index contributed by atoms with van der Waals surface area (Å²) in [6, 6.07) is 63.5. The number of amides is 4. The van der Waals surface area contributed by atoms with Crippen LogP contribution < -0.4 is 36.4 Å². The third-order valence-electron chi connectivity index (χ3n) is 18.2. The Morgan fingerprint density at radius 3 is 1.10 bits per heavy atom. The molecule has 2 aliphatic rings. The van der Waals surface area contributed by atoms with E-state index in [0.717, 1.165) is 113 Å². The van der Waals surface area contributed by atoms with Gasteiger partial charge in [-0.15, -0.1) is 0 Å². The van der Waals surface area contributed by atoms with Crippen molar-refractivity contribution in [1.82, 2.24) is 44.7 Å². The summed E-state index contributed by atoms with van der Waals surface area (Å²) in [6.07, 6.45) is 12.6. The number of aliphatic hydroxyl groups excluding tert-OH is 2. The number of carbonyl (C=O) groups is 4. The van der Waals surface area contributed by atoms with Crippen molar-refractivity contribution in [2.24, 2.45) is 0 Å². The van der Waals surface area contributed by atoms with E-state index in [4.69, 9.17) is 51.1 Å². The smallest absolute Gasteiger partial charge is 0.257 e. The van der Waals surface area contributed by atoms with Crippen LogP contribution in [0.1, 0.15) is 86.4 Å². The summed E-state index contributed by atoms with van der Waals surface area (Å²) in [5.41, 5.74) is 13.2. The average Bonchev–Trinajstić information content (AvgIpc) is 1.75. The van der Waals surface area contributed by atoms with Gasteiger partial charge in [-0.3, -0.25) is 39.1 Å². The van der Waals surface area contributed by atoms with Crippen molar-refractivity contribution >= 4 is 110 Å². The Balaban J connectivity index is 0.000000142. The summed E-state index contributed by atoms with van der Waals surface area (Å²) in [7, 11) is 0. The number of piperidine rings is 1. The van der Waals surface area contributed by atoms with Gasteiger partial charge in [-0.1, -0.05) is 70.7 Å². The highest BCUT2D eigenvalue weighted by Crippen LogP contribution is 2.34. The van der Waals surface area contributed by atoms with Crippen LogP contribution in [0.15, 0.2) is 256 Å². The molecular formula is C88H82Cl4N16O7. The van der Waals surface area contributed by atoms with Crippen LogP contribution in [0, 0.1) is 13.8 Å². The molecule has 2 aliphatic heterocycles. The van der Waals surface area contributed by atoms with Crippen molar-refractivity contribution in [2.45, 2.75) is 71.9 Å². The molecule has 2 saturated heterocycles. The minimum atomic E-state index is -0.439. The highest BCUT2D eigenvalue weighted by atomic mass is 35.5. The molecule has 3 atom stereocenters. The zero-order valence-corrected chi connectivity index (χ0v) is 66.4. The van der Waals surface area contributed by atoms with Gasteiger partial charge in [0.05, 0.1) is 89.7 Å². The summed E-state index contributed by atoms with van der Waals surface area (Å²) in [6.45, 7) is 13.2. The lowest BCUT2D eigenvalue weighted by Gasteiger charge is -2.36. The normalized spacial score (nSPS) is 14.0. The Morgan fingerprint density at radius 1 is 0.435 bits per heavy atom. The van der Waals surface area contributed by atoms with E-state index in [1.54, 1.807) is 158 Å². The molecule has 0 saturated carbocycles. The van der Waals surface area contributed by atoms with Gasteiger partial charge in [0.15, 0.2) is 5.82 Å². The van der Waals surface area contributed by atoms with Gasteiger partial charge in [-0.2, -0.15) is 5.10 Å². The number of morpholine rings is 1. The van der Waals surface area contributed by atoms with Crippen molar-refractivity contribution < 1.29 is 34.1 Å².